The molecule has 2 amide bonds. The van der Waals surface area contributed by atoms with Gasteiger partial charge in [0.25, 0.3) is 0 Å². The van der Waals surface area contributed by atoms with E-state index in [9.17, 15) is 4.79 Å². The zero-order valence-corrected chi connectivity index (χ0v) is 14.9. The van der Waals surface area contributed by atoms with Crippen molar-refractivity contribution in [3.63, 3.8) is 0 Å². The van der Waals surface area contributed by atoms with E-state index in [1.807, 2.05) is 50.2 Å². The minimum absolute atomic E-state index is 0.198. The molecule has 1 heterocycles. The Bertz CT molecular complexity index is 777. The molecule has 0 aliphatic carbocycles. The van der Waals surface area contributed by atoms with Gasteiger partial charge in [-0.25, -0.2) is 4.79 Å². The number of nitrogens with zero attached hydrogens (tertiary/aromatic N) is 2. The summed E-state index contributed by atoms with van der Waals surface area (Å²) in [5.74, 6) is 1.57. The molecule has 0 unspecified atom stereocenters. The van der Waals surface area contributed by atoms with Crippen molar-refractivity contribution < 1.29 is 9.53 Å². The van der Waals surface area contributed by atoms with E-state index < -0.39 is 0 Å². The number of nitrogens with one attached hydrogen (secondary N) is 1. The Morgan fingerprint density at radius 1 is 1.12 bits per heavy atom. The normalized spacial score (nSPS) is 13.3. The maximum absolute atomic E-state index is 13.0. The molecule has 1 aliphatic rings. The van der Waals surface area contributed by atoms with Crippen molar-refractivity contribution >= 4 is 23.2 Å². The molecule has 0 saturated heterocycles. The van der Waals surface area contributed by atoms with E-state index in [0.29, 0.717) is 0 Å². The molecule has 0 fully saturated rings. The van der Waals surface area contributed by atoms with Gasteiger partial charge in [0.15, 0.2) is 0 Å². The lowest BCUT2D eigenvalue weighted by Crippen LogP contribution is -2.39. The van der Waals surface area contributed by atoms with Crippen LogP contribution in [-0.4, -0.2) is 25.5 Å². The van der Waals surface area contributed by atoms with Gasteiger partial charge in [0.05, 0.1) is 12.8 Å². The first-order valence-electron chi connectivity index (χ1n) is 8.43. The molecule has 130 valence electrons. The standard InChI is InChI=1S/C20H23N3O2/c1-14-11-15(2)13-17(12-14)23(19-5-4-10-21-19)20(24)22-16-6-8-18(25-3)9-7-16/h6-9,11-13H,4-5,10H2,1-3H3,(H,22,24). The van der Waals surface area contributed by atoms with Crippen LogP contribution in [0.4, 0.5) is 16.2 Å². The van der Waals surface area contributed by atoms with Gasteiger partial charge >= 0.3 is 6.03 Å². The summed E-state index contributed by atoms with van der Waals surface area (Å²) in [6.07, 6.45) is 1.79. The van der Waals surface area contributed by atoms with Gasteiger partial charge in [-0.15, -0.1) is 0 Å². The Morgan fingerprint density at radius 3 is 2.36 bits per heavy atom. The summed E-state index contributed by atoms with van der Waals surface area (Å²) in [7, 11) is 1.62. The Labute approximate surface area is 148 Å². The summed E-state index contributed by atoms with van der Waals surface area (Å²) >= 11 is 0. The van der Waals surface area contributed by atoms with Crippen LogP contribution >= 0.6 is 0 Å². The van der Waals surface area contributed by atoms with E-state index in [-0.39, 0.29) is 6.03 Å². The molecule has 5 heteroatoms. The molecular formula is C20H23N3O2. The highest BCUT2D eigenvalue weighted by molar-refractivity contribution is 6.20. The van der Waals surface area contributed by atoms with Gasteiger partial charge in [0.2, 0.25) is 0 Å². The third-order valence-corrected chi connectivity index (χ3v) is 4.12. The SMILES string of the molecule is COc1ccc(NC(=O)N(C2=NCCC2)c2cc(C)cc(C)c2)cc1. The van der Waals surface area contributed by atoms with Crippen LogP contribution in [0, 0.1) is 13.8 Å². The maximum Gasteiger partial charge on any atom is 0.331 e. The molecule has 0 atom stereocenters. The molecule has 2 aromatic carbocycles. The molecule has 3 rings (SSSR count). The number of ether oxygens (including phenoxy) is 1. The number of benzene rings is 2. The number of carbonyl (C=O) groups is 1. The highest BCUT2D eigenvalue weighted by atomic mass is 16.5. The first kappa shape index (κ1) is 17.0. The zero-order valence-electron chi connectivity index (χ0n) is 14.9. The van der Waals surface area contributed by atoms with Crippen LogP contribution < -0.4 is 15.0 Å². The first-order valence-corrected chi connectivity index (χ1v) is 8.43. The minimum atomic E-state index is -0.198. The second kappa shape index (κ2) is 7.38. The fourth-order valence-electron chi connectivity index (χ4n) is 3.02. The third kappa shape index (κ3) is 3.99. The molecular weight excluding hydrogens is 314 g/mol. The molecule has 0 saturated carbocycles. The van der Waals surface area contributed by atoms with Gasteiger partial charge in [-0.2, -0.15) is 0 Å². The lowest BCUT2D eigenvalue weighted by Gasteiger charge is -2.24. The van der Waals surface area contributed by atoms with Crippen molar-refractivity contribution in [1.82, 2.24) is 0 Å². The summed E-state index contributed by atoms with van der Waals surface area (Å²) in [4.78, 5) is 19.2. The molecule has 1 aliphatic heterocycles. The Morgan fingerprint density at radius 2 is 1.80 bits per heavy atom. The molecule has 0 aromatic heterocycles. The second-order valence-corrected chi connectivity index (χ2v) is 6.24. The molecule has 5 nitrogen and oxygen atoms in total. The van der Waals surface area contributed by atoms with Crippen LogP contribution in [0.3, 0.4) is 0 Å². The molecule has 0 radical (unpaired) electrons. The number of amides is 2. The fourth-order valence-corrected chi connectivity index (χ4v) is 3.02. The molecule has 0 spiro atoms. The number of rotatable bonds is 3. The average Bonchev–Trinajstić information content (AvgIpc) is 3.09. The van der Waals surface area contributed by atoms with Crippen LogP contribution in [0.25, 0.3) is 0 Å². The average molecular weight is 337 g/mol. The van der Waals surface area contributed by atoms with Crippen LogP contribution in [-0.2, 0) is 0 Å². The fraction of sp³-hybridized carbons (Fsp3) is 0.300. The third-order valence-electron chi connectivity index (χ3n) is 4.12. The van der Waals surface area contributed by atoms with Crippen LogP contribution in [0.1, 0.15) is 24.0 Å². The monoisotopic (exact) mass is 337 g/mol. The highest BCUT2D eigenvalue weighted by Gasteiger charge is 2.24. The lowest BCUT2D eigenvalue weighted by atomic mass is 10.1. The topological polar surface area (TPSA) is 53.9 Å². The van der Waals surface area contributed by atoms with Crippen molar-refractivity contribution in [1.29, 1.82) is 0 Å². The van der Waals surface area contributed by atoms with Crippen LogP contribution in [0.2, 0.25) is 0 Å². The summed E-state index contributed by atoms with van der Waals surface area (Å²) < 4.78 is 5.16. The Hall–Kier alpha value is -2.82. The molecule has 2 aromatic rings. The first-order chi connectivity index (χ1) is 12.1. The molecule has 1 N–H and O–H groups in total. The number of urea groups is 1. The van der Waals surface area contributed by atoms with E-state index in [1.54, 1.807) is 12.0 Å². The smallest absolute Gasteiger partial charge is 0.331 e. The zero-order chi connectivity index (χ0) is 17.8. The van der Waals surface area contributed by atoms with Gasteiger partial charge < -0.3 is 10.1 Å². The van der Waals surface area contributed by atoms with Crippen molar-refractivity contribution in [3.8, 4) is 5.75 Å². The summed E-state index contributed by atoms with van der Waals surface area (Å²) in [5.41, 5.74) is 3.81. The minimum Gasteiger partial charge on any atom is -0.497 e. The Kier molecular flexibility index (Phi) is 5.03. The number of aryl methyl sites for hydroxylation is 2. The van der Waals surface area contributed by atoms with Gasteiger partial charge in [-0.3, -0.25) is 9.89 Å². The van der Waals surface area contributed by atoms with Crippen molar-refractivity contribution in [2.45, 2.75) is 26.7 Å². The number of amidine groups is 1. The van der Waals surface area contributed by atoms with Gasteiger partial charge in [-0.1, -0.05) is 6.07 Å². The summed E-state index contributed by atoms with van der Waals surface area (Å²) in [6, 6.07) is 13.2. The lowest BCUT2D eigenvalue weighted by molar-refractivity contribution is 0.259. The predicted molar refractivity (Wildman–Crippen MR) is 102 cm³/mol. The number of carbonyl (C=O) groups excluding carboxylic acids is 1. The van der Waals surface area contributed by atoms with Gasteiger partial charge in [-0.05, 0) is 67.8 Å². The summed E-state index contributed by atoms with van der Waals surface area (Å²) in [5, 5.41) is 2.96. The van der Waals surface area contributed by atoms with Gasteiger partial charge in [0, 0.05) is 18.7 Å². The van der Waals surface area contributed by atoms with Crippen LogP contribution in [0.5, 0.6) is 5.75 Å². The number of aliphatic imine (C=N–C) groups is 1. The molecule has 0 bridgehead atoms. The second-order valence-electron chi connectivity index (χ2n) is 6.24. The number of methoxy groups -OCH3 is 1. The van der Waals surface area contributed by atoms with Crippen LogP contribution in [0.15, 0.2) is 47.5 Å². The number of hydrogen-bond acceptors (Lipinski definition) is 3. The van der Waals surface area contributed by atoms with Gasteiger partial charge in [0.1, 0.15) is 11.6 Å². The Balaban J connectivity index is 1.89. The largest absolute Gasteiger partial charge is 0.497 e. The van der Waals surface area contributed by atoms with E-state index >= 15 is 0 Å². The predicted octanol–water partition coefficient (Wildman–Crippen LogP) is 4.54. The maximum atomic E-state index is 13.0. The quantitative estimate of drug-likeness (QED) is 0.894. The van der Waals surface area contributed by atoms with E-state index in [2.05, 4.69) is 16.4 Å². The van der Waals surface area contributed by atoms with E-state index in [1.165, 1.54) is 0 Å². The number of hydrogen-bond donors (Lipinski definition) is 1. The summed E-state index contributed by atoms with van der Waals surface area (Å²) in [6.45, 7) is 4.84. The van der Waals surface area contributed by atoms with E-state index in [0.717, 1.165) is 53.5 Å². The highest BCUT2D eigenvalue weighted by Crippen LogP contribution is 2.24. The van der Waals surface area contributed by atoms with E-state index in [4.69, 9.17) is 4.74 Å². The number of anilines is 2. The van der Waals surface area contributed by atoms with Crippen molar-refractivity contribution in [2.24, 2.45) is 4.99 Å². The van der Waals surface area contributed by atoms with Crippen molar-refractivity contribution in [2.75, 3.05) is 23.9 Å². The van der Waals surface area contributed by atoms with Crippen molar-refractivity contribution in [3.05, 3.63) is 53.6 Å². The molecule has 25 heavy (non-hydrogen) atoms.